The number of aryl methyl sites for hydroxylation is 1. The summed E-state index contributed by atoms with van der Waals surface area (Å²) in [5, 5.41) is 5.22. The number of hydrogen-bond donors (Lipinski definition) is 1. The first-order valence-corrected chi connectivity index (χ1v) is 6.34. The third-order valence-corrected chi connectivity index (χ3v) is 4.06. The van der Waals surface area contributed by atoms with Gasteiger partial charge in [0.05, 0.1) is 5.52 Å². The molecule has 2 aromatic rings. The maximum Gasteiger partial charge on any atom is 0.0507 e. The van der Waals surface area contributed by atoms with Gasteiger partial charge in [-0.3, -0.25) is 0 Å². The Labute approximate surface area is 109 Å². The maximum atomic E-state index is 6.02. The largest absolute Gasteiger partial charge is 0.345 e. The molecule has 16 heavy (non-hydrogen) atoms. The molecule has 1 atom stereocenters. The number of hydrogen-bond acceptors (Lipinski definition) is 1. The minimum atomic E-state index is 0.297. The van der Waals surface area contributed by atoms with Crippen LogP contribution in [0.4, 0.5) is 0 Å². The Balaban J connectivity index is 2.76. The molecule has 1 aromatic carbocycles. The predicted octanol–water partition coefficient (Wildman–Crippen LogP) is 3.87. The van der Waals surface area contributed by atoms with E-state index in [0.29, 0.717) is 6.04 Å². The number of nitrogens with zero attached hydrogens (tertiary/aromatic N) is 1. The van der Waals surface area contributed by atoms with Crippen LogP contribution in [0.1, 0.15) is 18.7 Å². The van der Waals surface area contributed by atoms with Crippen molar-refractivity contribution in [2.45, 2.75) is 13.0 Å². The molecule has 86 valence electrons. The zero-order valence-corrected chi connectivity index (χ0v) is 11.9. The van der Waals surface area contributed by atoms with Gasteiger partial charge in [0.15, 0.2) is 0 Å². The molecule has 1 unspecified atom stereocenters. The minimum absolute atomic E-state index is 0.297. The highest BCUT2D eigenvalue weighted by molar-refractivity contribution is 9.10. The molecule has 0 aliphatic heterocycles. The van der Waals surface area contributed by atoms with Gasteiger partial charge in [-0.15, -0.1) is 0 Å². The molecular formula is C12H14BrClN2. The molecule has 0 aliphatic carbocycles. The van der Waals surface area contributed by atoms with Gasteiger partial charge in [0.1, 0.15) is 0 Å². The molecule has 1 heterocycles. The fourth-order valence-electron chi connectivity index (χ4n) is 2.00. The van der Waals surface area contributed by atoms with Gasteiger partial charge in [0, 0.05) is 33.7 Å². The Kier molecular flexibility index (Phi) is 3.29. The first-order chi connectivity index (χ1) is 7.56. The van der Waals surface area contributed by atoms with Crippen molar-refractivity contribution in [1.29, 1.82) is 0 Å². The van der Waals surface area contributed by atoms with Crippen LogP contribution in [0.3, 0.4) is 0 Å². The van der Waals surface area contributed by atoms with Crippen molar-refractivity contribution < 1.29 is 0 Å². The van der Waals surface area contributed by atoms with Gasteiger partial charge in [-0.25, -0.2) is 0 Å². The van der Waals surface area contributed by atoms with Crippen molar-refractivity contribution in [2.75, 3.05) is 7.05 Å². The van der Waals surface area contributed by atoms with E-state index in [4.69, 9.17) is 11.6 Å². The molecule has 2 rings (SSSR count). The van der Waals surface area contributed by atoms with E-state index in [1.807, 2.05) is 25.2 Å². The molecule has 0 spiro atoms. The lowest BCUT2D eigenvalue weighted by atomic mass is 10.2. The Morgan fingerprint density at radius 1 is 1.44 bits per heavy atom. The molecule has 2 nitrogen and oxygen atoms in total. The first kappa shape index (κ1) is 12.0. The van der Waals surface area contributed by atoms with E-state index in [1.165, 1.54) is 11.1 Å². The van der Waals surface area contributed by atoms with Crippen molar-refractivity contribution in [1.82, 2.24) is 9.88 Å². The summed E-state index contributed by atoms with van der Waals surface area (Å²) < 4.78 is 3.32. The summed E-state index contributed by atoms with van der Waals surface area (Å²) in [6.45, 7) is 2.14. The van der Waals surface area contributed by atoms with Crippen LogP contribution in [-0.2, 0) is 7.05 Å². The van der Waals surface area contributed by atoms with Crippen molar-refractivity contribution in [3.8, 4) is 0 Å². The summed E-state index contributed by atoms with van der Waals surface area (Å²) in [4.78, 5) is 0. The number of benzene rings is 1. The summed E-state index contributed by atoms with van der Waals surface area (Å²) in [6.07, 6.45) is 0. The molecule has 0 amide bonds. The molecule has 0 aliphatic rings. The van der Waals surface area contributed by atoms with E-state index in [1.54, 1.807) is 0 Å². The average Bonchev–Trinajstić information content (AvgIpc) is 2.51. The van der Waals surface area contributed by atoms with Crippen LogP contribution in [0.2, 0.25) is 5.02 Å². The summed E-state index contributed by atoms with van der Waals surface area (Å²) in [6, 6.07) is 6.26. The first-order valence-electron chi connectivity index (χ1n) is 5.17. The summed E-state index contributed by atoms with van der Waals surface area (Å²) in [5.41, 5.74) is 2.39. The van der Waals surface area contributed by atoms with Gasteiger partial charge in [-0.2, -0.15) is 0 Å². The van der Waals surface area contributed by atoms with Crippen LogP contribution in [0, 0.1) is 0 Å². The van der Waals surface area contributed by atoms with Gasteiger partial charge < -0.3 is 9.88 Å². The summed E-state index contributed by atoms with van der Waals surface area (Å²) in [7, 11) is 4.02. The van der Waals surface area contributed by atoms with E-state index in [9.17, 15) is 0 Å². The highest BCUT2D eigenvalue weighted by Gasteiger charge is 2.17. The van der Waals surface area contributed by atoms with E-state index in [2.05, 4.69) is 39.8 Å². The lowest BCUT2D eigenvalue weighted by Gasteiger charge is -2.12. The zero-order chi connectivity index (χ0) is 11.9. The van der Waals surface area contributed by atoms with Gasteiger partial charge in [-0.1, -0.05) is 17.7 Å². The van der Waals surface area contributed by atoms with Gasteiger partial charge in [-0.05, 0) is 42.0 Å². The van der Waals surface area contributed by atoms with E-state index in [-0.39, 0.29) is 0 Å². The quantitative estimate of drug-likeness (QED) is 0.891. The molecule has 0 saturated heterocycles. The van der Waals surface area contributed by atoms with Crippen molar-refractivity contribution >= 4 is 38.4 Å². The zero-order valence-electron chi connectivity index (χ0n) is 9.51. The standard InChI is InChI=1S/C12H14BrClN2/c1-7(15-2)12-11(13)9-5-4-8(14)6-10(9)16(12)3/h4-7,15H,1-3H3. The lowest BCUT2D eigenvalue weighted by molar-refractivity contribution is 0.607. The topological polar surface area (TPSA) is 17.0 Å². The molecular weight excluding hydrogens is 288 g/mol. The Hall–Kier alpha value is -0.510. The number of halogens is 2. The molecule has 4 heteroatoms. The normalized spacial score (nSPS) is 13.3. The third-order valence-electron chi connectivity index (χ3n) is 2.99. The van der Waals surface area contributed by atoms with E-state index >= 15 is 0 Å². The van der Waals surface area contributed by atoms with Crippen molar-refractivity contribution in [3.05, 3.63) is 33.4 Å². The number of aromatic nitrogens is 1. The molecule has 0 radical (unpaired) electrons. The highest BCUT2D eigenvalue weighted by Crippen LogP contribution is 2.34. The van der Waals surface area contributed by atoms with Crippen LogP contribution in [0.5, 0.6) is 0 Å². The van der Waals surface area contributed by atoms with Gasteiger partial charge in [0.2, 0.25) is 0 Å². The van der Waals surface area contributed by atoms with Crippen LogP contribution in [0.15, 0.2) is 22.7 Å². The Bertz CT molecular complexity index is 533. The summed E-state index contributed by atoms with van der Waals surface area (Å²) in [5.74, 6) is 0. The van der Waals surface area contributed by atoms with Gasteiger partial charge in [0.25, 0.3) is 0 Å². The second-order valence-electron chi connectivity index (χ2n) is 3.93. The Morgan fingerprint density at radius 2 is 2.12 bits per heavy atom. The van der Waals surface area contributed by atoms with Crippen LogP contribution in [-0.4, -0.2) is 11.6 Å². The molecule has 1 aromatic heterocycles. The van der Waals surface area contributed by atoms with Crippen LogP contribution in [0.25, 0.3) is 10.9 Å². The smallest absolute Gasteiger partial charge is 0.0507 e. The fraction of sp³-hybridized carbons (Fsp3) is 0.333. The van der Waals surface area contributed by atoms with Crippen molar-refractivity contribution in [2.24, 2.45) is 7.05 Å². The lowest BCUT2D eigenvalue weighted by Crippen LogP contribution is -2.15. The number of nitrogens with one attached hydrogen (secondary N) is 1. The van der Waals surface area contributed by atoms with Crippen molar-refractivity contribution in [3.63, 3.8) is 0 Å². The highest BCUT2D eigenvalue weighted by atomic mass is 79.9. The minimum Gasteiger partial charge on any atom is -0.345 e. The SMILES string of the molecule is CNC(C)c1c(Br)c2ccc(Cl)cc2n1C. The van der Waals surface area contributed by atoms with Gasteiger partial charge >= 0.3 is 0 Å². The molecule has 0 bridgehead atoms. The predicted molar refractivity (Wildman–Crippen MR) is 73.1 cm³/mol. The monoisotopic (exact) mass is 300 g/mol. The second kappa shape index (κ2) is 4.40. The second-order valence-corrected chi connectivity index (χ2v) is 5.16. The summed E-state index contributed by atoms with van der Waals surface area (Å²) >= 11 is 9.69. The number of rotatable bonds is 2. The third kappa shape index (κ3) is 1.77. The Morgan fingerprint density at radius 3 is 2.75 bits per heavy atom. The molecule has 1 N–H and O–H groups in total. The average molecular weight is 302 g/mol. The van der Waals surface area contributed by atoms with Crippen LogP contribution < -0.4 is 5.32 Å². The van der Waals surface area contributed by atoms with E-state index in [0.717, 1.165) is 15.0 Å². The maximum absolute atomic E-state index is 6.02. The van der Waals surface area contributed by atoms with E-state index < -0.39 is 0 Å². The fourth-order valence-corrected chi connectivity index (χ4v) is 3.11. The molecule has 0 saturated carbocycles. The number of fused-ring (bicyclic) bond motifs is 1. The van der Waals surface area contributed by atoms with Crippen LogP contribution >= 0.6 is 27.5 Å². The molecule has 0 fully saturated rings.